The number of aryl methyl sites for hydroxylation is 2. The minimum atomic E-state index is -1.12. The highest BCUT2D eigenvalue weighted by Crippen LogP contribution is 2.43. The molecule has 4 aromatic rings. The quantitative estimate of drug-likeness (QED) is 0.143. The smallest absolute Gasteiger partial charge is 0.182 e. The molecule has 4 aromatic carbocycles. The second kappa shape index (κ2) is 9.48. The topological polar surface area (TPSA) is 26.3 Å². The number of hydrogen-bond donors (Lipinski definition) is 0. The molecule has 4 rings (SSSR count). The van der Waals surface area contributed by atoms with Crippen LogP contribution in [0.2, 0.25) is 0 Å². The normalized spacial score (nSPS) is 11.3. The fourth-order valence-electron chi connectivity index (χ4n) is 4.22. The van der Waals surface area contributed by atoms with E-state index in [2.05, 4.69) is 22.6 Å². The highest BCUT2D eigenvalue weighted by atomic mass is 127. The molecule has 4 heteroatoms. The van der Waals surface area contributed by atoms with Crippen LogP contribution in [0.1, 0.15) is 38.2 Å². The minimum Gasteiger partial charge on any atom is -0.496 e. The highest BCUT2D eigenvalue weighted by Gasteiger charge is 2.44. The lowest BCUT2D eigenvalue weighted by Gasteiger charge is -2.35. The summed E-state index contributed by atoms with van der Waals surface area (Å²) in [5.74, 6) is 0.258. The summed E-state index contributed by atoms with van der Waals surface area (Å²) in [7, 11) is 1.63. The summed E-state index contributed by atoms with van der Waals surface area (Å²) in [6.07, 6.45) is 0. The van der Waals surface area contributed by atoms with Crippen LogP contribution in [-0.2, 0) is 5.41 Å². The largest absolute Gasteiger partial charge is 0.496 e. The lowest BCUT2D eigenvalue weighted by atomic mass is 9.65. The number of ether oxygens (including phenoxy) is 1. The minimum absolute atomic E-state index is 0.115. The van der Waals surface area contributed by atoms with E-state index in [-0.39, 0.29) is 11.6 Å². The van der Waals surface area contributed by atoms with Crippen LogP contribution in [0.3, 0.4) is 0 Å². The zero-order valence-corrected chi connectivity index (χ0v) is 20.9. The molecule has 0 heterocycles. The van der Waals surface area contributed by atoms with Crippen molar-refractivity contribution in [3.05, 3.63) is 134 Å². The number of benzene rings is 4. The number of carbonyl (C=O) groups is 1. The Morgan fingerprint density at radius 2 is 1.24 bits per heavy atom. The molecule has 0 amide bonds. The van der Waals surface area contributed by atoms with E-state index >= 15 is 0 Å². The van der Waals surface area contributed by atoms with Crippen LogP contribution in [0.4, 0.5) is 4.39 Å². The van der Waals surface area contributed by atoms with E-state index in [1.54, 1.807) is 19.2 Å². The van der Waals surface area contributed by atoms with Crippen molar-refractivity contribution in [2.75, 3.05) is 7.11 Å². The zero-order valence-electron chi connectivity index (χ0n) is 18.7. The number of ketones is 1. The van der Waals surface area contributed by atoms with Gasteiger partial charge in [0.15, 0.2) is 5.78 Å². The maximum atomic E-state index is 14.5. The van der Waals surface area contributed by atoms with E-state index in [9.17, 15) is 9.18 Å². The Morgan fingerprint density at radius 3 is 1.70 bits per heavy atom. The van der Waals surface area contributed by atoms with E-state index in [0.717, 1.165) is 37.1 Å². The fraction of sp³-hybridized carbons (Fsp3) is 0.138. The van der Waals surface area contributed by atoms with Gasteiger partial charge in [-0.3, -0.25) is 4.79 Å². The average Bonchev–Trinajstić information content (AvgIpc) is 2.82. The number of halogens is 2. The number of rotatable bonds is 6. The molecule has 0 saturated carbocycles. The Hall–Kier alpha value is -2.99. The SMILES string of the molecule is COc1ccc(C(C(=O)c2ccc(F)cc2)(c2ccc(C)cc2)c2ccc(C)cc2)cc1I. The predicted octanol–water partition coefficient (Wildman–Crippen LogP) is 7.27. The number of Topliss-reactive ketones (excluding diaryl/α,β-unsaturated/α-hetero) is 1. The molecule has 0 saturated heterocycles. The fourth-order valence-corrected chi connectivity index (χ4v) is 4.95. The van der Waals surface area contributed by atoms with Crippen LogP contribution in [0.15, 0.2) is 91.0 Å². The Labute approximate surface area is 207 Å². The summed E-state index contributed by atoms with van der Waals surface area (Å²) in [6, 6.07) is 27.7. The molecule has 0 aliphatic rings. The molecule has 166 valence electrons. The third kappa shape index (κ3) is 4.32. The van der Waals surface area contributed by atoms with Crippen molar-refractivity contribution in [3.8, 4) is 5.75 Å². The van der Waals surface area contributed by atoms with Gasteiger partial charge >= 0.3 is 0 Å². The molecule has 33 heavy (non-hydrogen) atoms. The highest BCUT2D eigenvalue weighted by molar-refractivity contribution is 14.1. The molecule has 0 aliphatic carbocycles. The maximum absolute atomic E-state index is 14.5. The third-order valence-electron chi connectivity index (χ3n) is 6.00. The van der Waals surface area contributed by atoms with Crippen LogP contribution in [0.5, 0.6) is 5.75 Å². The van der Waals surface area contributed by atoms with E-state index < -0.39 is 5.41 Å². The number of carbonyl (C=O) groups excluding carboxylic acids is 1. The lowest BCUT2D eigenvalue weighted by Crippen LogP contribution is -2.39. The van der Waals surface area contributed by atoms with E-state index in [1.807, 2.05) is 80.6 Å². The summed E-state index contributed by atoms with van der Waals surface area (Å²) in [6.45, 7) is 4.05. The molecule has 2 nitrogen and oxygen atoms in total. The second-order valence-electron chi connectivity index (χ2n) is 8.17. The van der Waals surface area contributed by atoms with Crippen LogP contribution in [0, 0.1) is 23.2 Å². The predicted molar refractivity (Wildman–Crippen MR) is 139 cm³/mol. The van der Waals surface area contributed by atoms with Gasteiger partial charge in [0.2, 0.25) is 0 Å². The summed E-state index contributed by atoms with van der Waals surface area (Å²) in [5, 5.41) is 0. The van der Waals surface area contributed by atoms with Gasteiger partial charge in [0, 0.05) is 5.56 Å². The van der Waals surface area contributed by atoms with E-state index in [0.29, 0.717) is 5.56 Å². The van der Waals surface area contributed by atoms with Crippen molar-refractivity contribution in [1.29, 1.82) is 0 Å². The van der Waals surface area contributed by atoms with Gasteiger partial charge in [-0.25, -0.2) is 4.39 Å². The summed E-state index contributed by atoms with van der Waals surface area (Å²) < 4.78 is 20.1. The van der Waals surface area contributed by atoms with Gasteiger partial charge in [-0.1, -0.05) is 65.7 Å². The van der Waals surface area contributed by atoms with Crippen molar-refractivity contribution in [2.24, 2.45) is 0 Å². The van der Waals surface area contributed by atoms with Crippen molar-refractivity contribution < 1.29 is 13.9 Å². The number of methoxy groups -OCH3 is 1. The molecule has 0 unspecified atom stereocenters. The molecule has 0 aromatic heterocycles. The van der Waals surface area contributed by atoms with Crippen LogP contribution in [-0.4, -0.2) is 12.9 Å². The van der Waals surface area contributed by atoms with Gasteiger partial charge in [0.05, 0.1) is 10.7 Å². The zero-order chi connectivity index (χ0) is 23.6. The first-order valence-corrected chi connectivity index (χ1v) is 11.7. The standard InChI is InChI=1S/C29H24FIO2/c1-19-4-10-22(11-5-19)29(23-12-6-20(2)7-13-23,24-14-17-27(33-3)26(31)18-24)28(32)21-8-15-25(30)16-9-21/h4-18H,1-3H3. The summed E-state index contributed by atoms with van der Waals surface area (Å²) in [5.41, 5.74) is 4.08. The van der Waals surface area contributed by atoms with E-state index in [4.69, 9.17) is 4.74 Å². The molecule has 0 bridgehead atoms. The Morgan fingerprint density at radius 1 is 0.758 bits per heavy atom. The van der Waals surface area contributed by atoms with Gasteiger partial charge in [-0.2, -0.15) is 0 Å². The summed E-state index contributed by atoms with van der Waals surface area (Å²) >= 11 is 2.23. The van der Waals surface area contributed by atoms with Gasteiger partial charge in [0.25, 0.3) is 0 Å². The van der Waals surface area contributed by atoms with Gasteiger partial charge in [-0.05, 0) is 89.5 Å². The molecule has 0 N–H and O–H groups in total. The molecule has 0 radical (unpaired) electrons. The first-order chi connectivity index (χ1) is 15.9. The second-order valence-corrected chi connectivity index (χ2v) is 9.33. The average molecular weight is 550 g/mol. The third-order valence-corrected chi connectivity index (χ3v) is 6.84. The Bertz CT molecular complexity index is 1230. The lowest BCUT2D eigenvalue weighted by molar-refractivity contribution is 0.0935. The van der Waals surface area contributed by atoms with Gasteiger partial charge in [0.1, 0.15) is 17.0 Å². The van der Waals surface area contributed by atoms with Gasteiger partial charge < -0.3 is 4.74 Å². The van der Waals surface area contributed by atoms with Crippen LogP contribution < -0.4 is 4.74 Å². The van der Waals surface area contributed by atoms with Crippen molar-refractivity contribution in [2.45, 2.75) is 19.3 Å². The Balaban J connectivity index is 2.10. The maximum Gasteiger partial charge on any atom is 0.182 e. The van der Waals surface area contributed by atoms with E-state index in [1.165, 1.54) is 12.1 Å². The molecule has 0 atom stereocenters. The Kier molecular flexibility index (Phi) is 6.66. The summed E-state index contributed by atoms with van der Waals surface area (Å²) in [4.78, 5) is 14.5. The van der Waals surface area contributed by atoms with Crippen molar-refractivity contribution in [3.63, 3.8) is 0 Å². The van der Waals surface area contributed by atoms with Crippen LogP contribution in [0.25, 0.3) is 0 Å². The van der Waals surface area contributed by atoms with Gasteiger partial charge in [-0.15, -0.1) is 0 Å². The molecule has 0 fully saturated rings. The molecule has 0 aliphatic heterocycles. The first-order valence-electron chi connectivity index (χ1n) is 10.6. The first kappa shape index (κ1) is 23.2. The number of hydrogen-bond acceptors (Lipinski definition) is 2. The van der Waals surface area contributed by atoms with Crippen molar-refractivity contribution in [1.82, 2.24) is 0 Å². The molecular weight excluding hydrogens is 526 g/mol. The molecular formula is C29H24FIO2. The monoisotopic (exact) mass is 550 g/mol. The van der Waals surface area contributed by atoms with Crippen molar-refractivity contribution >= 4 is 28.4 Å². The van der Waals surface area contributed by atoms with Crippen LogP contribution >= 0.6 is 22.6 Å². The molecule has 0 spiro atoms.